The number of carbonyl (C=O) groups excluding carboxylic acids is 1. The molecular formula is C14H8Br2F2O. The highest BCUT2D eigenvalue weighted by molar-refractivity contribution is 9.10. The molecule has 0 fully saturated rings. The molecule has 0 bridgehead atoms. The molecule has 0 saturated carbocycles. The fraction of sp³-hybridized carbons (Fsp3) is 0.0714. The van der Waals surface area contributed by atoms with E-state index < -0.39 is 11.6 Å². The van der Waals surface area contributed by atoms with Gasteiger partial charge in [0, 0.05) is 22.0 Å². The third-order valence-corrected chi connectivity index (χ3v) is 3.78. The van der Waals surface area contributed by atoms with Gasteiger partial charge in [0.05, 0.1) is 4.47 Å². The lowest BCUT2D eigenvalue weighted by Crippen LogP contribution is -2.07. The topological polar surface area (TPSA) is 17.1 Å². The van der Waals surface area contributed by atoms with E-state index in [4.69, 9.17) is 0 Å². The smallest absolute Gasteiger partial charge is 0.167 e. The van der Waals surface area contributed by atoms with Gasteiger partial charge in [0.15, 0.2) is 5.78 Å². The lowest BCUT2D eigenvalue weighted by atomic mass is 10.0. The third kappa shape index (κ3) is 3.28. The molecule has 0 heterocycles. The van der Waals surface area contributed by atoms with Crippen LogP contribution in [0.5, 0.6) is 0 Å². The fourth-order valence-electron chi connectivity index (χ4n) is 1.63. The van der Waals surface area contributed by atoms with Crippen LogP contribution in [0, 0.1) is 11.6 Å². The average Bonchev–Trinajstić information content (AvgIpc) is 2.40. The van der Waals surface area contributed by atoms with Crippen molar-refractivity contribution in [2.45, 2.75) is 6.42 Å². The highest BCUT2D eigenvalue weighted by atomic mass is 79.9. The van der Waals surface area contributed by atoms with Crippen molar-refractivity contribution in [3.63, 3.8) is 0 Å². The van der Waals surface area contributed by atoms with E-state index in [-0.39, 0.29) is 22.2 Å². The van der Waals surface area contributed by atoms with Crippen molar-refractivity contribution in [2.24, 2.45) is 0 Å². The number of hydrogen-bond acceptors (Lipinski definition) is 1. The molecule has 0 aliphatic heterocycles. The summed E-state index contributed by atoms with van der Waals surface area (Å²) in [6, 6.07) is 9.05. The first-order chi connectivity index (χ1) is 8.99. The molecule has 98 valence electrons. The van der Waals surface area contributed by atoms with Gasteiger partial charge in [-0.1, -0.05) is 28.1 Å². The summed E-state index contributed by atoms with van der Waals surface area (Å²) in [5.41, 5.74) is 0.198. The maximum absolute atomic E-state index is 13.8. The Morgan fingerprint density at radius 3 is 2.26 bits per heavy atom. The number of Topliss-reactive ketones (excluding diaryl/α,β-unsaturated/α-hetero) is 1. The Balaban J connectivity index is 2.29. The predicted molar refractivity (Wildman–Crippen MR) is 76.2 cm³/mol. The minimum absolute atomic E-state index is 0.146. The van der Waals surface area contributed by atoms with Crippen molar-refractivity contribution in [3.8, 4) is 0 Å². The Kier molecular flexibility index (Phi) is 4.47. The Labute approximate surface area is 125 Å². The second-order valence-electron chi connectivity index (χ2n) is 3.93. The van der Waals surface area contributed by atoms with E-state index in [0.717, 1.165) is 10.5 Å². The van der Waals surface area contributed by atoms with Crippen LogP contribution in [-0.4, -0.2) is 5.78 Å². The molecule has 2 aromatic rings. The van der Waals surface area contributed by atoms with Crippen LogP contribution >= 0.6 is 31.9 Å². The van der Waals surface area contributed by atoms with Gasteiger partial charge in [0.2, 0.25) is 0 Å². The van der Waals surface area contributed by atoms with Crippen LogP contribution in [0.25, 0.3) is 0 Å². The average molecular weight is 390 g/mol. The van der Waals surface area contributed by atoms with Crippen LogP contribution in [0.1, 0.15) is 15.9 Å². The van der Waals surface area contributed by atoms with Crippen LogP contribution in [0.15, 0.2) is 45.3 Å². The molecule has 0 atom stereocenters. The molecule has 1 nitrogen and oxygen atoms in total. The molecule has 0 spiro atoms. The quantitative estimate of drug-likeness (QED) is 0.538. The number of rotatable bonds is 3. The molecule has 19 heavy (non-hydrogen) atoms. The molecule has 0 aromatic heterocycles. The Morgan fingerprint density at radius 2 is 1.63 bits per heavy atom. The Hall–Kier alpha value is -1.07. The molecule has 0 unspecified atom stereocenters. The third-order valence-electron chi connectivity index (χ3n) is 2.64. The molecule has 2 rings (SSSR count). The minimum atomic E-state index is -0.731. The SMILES string of the molecule is O=C(Cc1c(F)ccc(Br)c1F)c1ccc(Br)cc1. The molecule has 0 N–H and O–H groups in total. The fourth-order valence-corrected chi connectivity index (χ4v) is 2.27. The monoisotopic (exact) mass is 388 g/mol. The lowest BCUT2D eigenvalue weighted by molar-refractivity contribution is 0.0990. The first-order valence-corrected chi connectivity index (χ1v) is 6.99. The largest absolute Gasteiger partial charge is 0.294 e. The Morgan fingerprint density at radius 1 is 1.00 bits per heavy atom. The highest BCUT2D eigenvalue weighted by Gasteiger charge is 2.16. The molecule has 0 aliphatic carbocycles. The van der Waals surface area contributed by atoms with E-state index in [1.807, 2.05) is 0 Å². The van der Waals surface area contributed by atoms with Gasteiger partial charge in [-0.2, -0.15) is 0 Å². The van der Waals surface area contributed by atoms with E-state index in [1.54, 1.807) is 24.3 Å². The van der Waals surface area contributed by atoms with Gasteiger partial charge in [-0.25, -0.2) is 8.78 Å². The number of halogens is 4. The van der Waals surface area contributed by atoms with Crippen molar-refractivity contribution < 1.29 is 13.6 Å². The van der Waals surface area contributed by atoms with Crippen LogP contribution in [0.3, 0.4) is 0 Å². The van der Waals surface area contributed by atoms with Crippen LogP contribution in [0.2, 0.25) is 0 Å². The molecule has 0 amide bonds. The number of hydrogen-bond donors (Lipinski definition) is 0. The van der Waals surface area contributed by atoms with Crippen molar-refractivity contribution >= 4 is 37.6 Å². The van der Waals surface area contributed by atoms with Gasteiger partial charge in [-0.05, 0) is 40.2 Å². The first-order valence-electron chi connectivity index (χ1n) is 5.40. The summed E-state index contributed by atoms with van der Waals surface area (Å²) in [5, 5.41) is 0. The van der Waals surface area contributed by atoms with Gasteiger partial charge in [0.1, 0.15) is 11.6 Å². The van der Waals surface area contributed by atoms with E-state index in [9.17, 15) is 13.6 Å². The van der Waals surface area contributed by atoms with Gasteiger partial charge in [-0.3, -0.25) is 4.79 Å². The van der Waals surface area contributed by atoms with E-state index in [2.05, 4.69) is 31.9 Å². The molecule has 0 saturated heterocycles. The second kappa shape index (κ2) is 5.92. The summed E-state index contributed by atoms with van der Waals surface area (Å²) in [6.45, 7) is 0. The highest BCUT2D eigenvalue weighted by Crippen LogP contribution is 2.23. The summed E-state index contributed by atoms with van der Waals surface area (Å²) in [7, 11) is 0. The summed E-state index contributed by atoms with van der Waals surface area (Å²) in [5.74, 6) is -1.78. The van der Waals surface area contributed by atoms with Crippen LogP contribution in [0.4, 0.5) is 8.78 Å². The Bertz CT molecular complexity index is 624. The predicted octanol–water partition coefficient (Wildman–Crippen LogP) is 4.92. The molecule has 0 radical (unpaired) electrons. The first kappa shape index (κ1) is 14.3. The summed E-state index contributed by atoms with van der Waals surface area (Å²) >= 11 is 6.23. The molecular weight excluding hydrogens is 382 g/mol. The van der Waals surface area contributed by atoms with Gasteiger partial charge in [0.25, 0.3) is 0 Å². The molecule has 5 heteroatoms. The van der Waals surface area contributed by atoms with Gasteiger partial charge >= 0.3 is 0 Å². The summed E-state index contributed by atoms with van der Waals surface area (Å²) in [4.78, 5) is 12.0. The maximum Gasteiger partial charge on any atom is 0.167 e. The van der Waals surface area contributed by atoms with Crippen molar-refractivity contribution in [1.82, 2.24) is 0 Å². The lowest BCUT2D eigenvalue weighted by Gasteiger charge is -2.06. The molecule has 0 aliphatic rings. The van der Waals surface area contributed by atoms with Crippen molar-refractivity contribution in [1.29, 1.82) is 0 Å². The number of benzene rings is 2. The zero-order valence-electron chi connectivity index (χ0n) is 9.59. The van der Waals surface area contributed by atoms with Gasteiger partial charge < -0.3 is 0 Å². The summed E-state index contributed by atoms with van der Waals surface area (Å²) in [6.07, 6.45) is -0.307. The number of carbonyl (C=O) groups is 1. The standard InChI is InChI=1S/C14H8Br2F2O/c15-9-3-1-8(2-4-9)13(19)7-10-12(17)6-5-11(16)14(10)18/h1-6H,7H2. The van der Waals surface area contributed by atoms with Crippen molar-refractivity contribution in [3.05, 3.63) is 68.1 Å². The van der Waals surface area contributed by atoms with E-state index >= 15 is 0 Å². The van der Waals surface area contributed by atoms with E-state index in [0.29, 0.717) is 5.56 Å². The van der Waals surface area contributed by atoms with E-state index in [1.165, 1.54) is 6.07 Å². The van der Waals surface area contributed by atoms with Crippen LogP contribution in [-0.2, 0) is 6.42 Å². The van der Waals surface area contributed by atoms with Gasteiger partial charge in [-0.15, -0.1) is 0 Å². The number of ketones is 1. The normalized spacial score (nSPS) is 10.5. The zero-order valence-corrected chi connectivity index (χ0v) is 12.8. The maximum atomic E-state index is 13.8. The van der Waals surface area contributed by atoms with Crippen molar-refractivity contribution in [2.75, 3.05) is 0 Å². The minimum Gasteiger partial charge on any atom is -0.294 e. The second-order valence-corrected chi connectivity index (χ2v) is 5.70. The molecule has 2 aromatic carbocycles. The van der Waals surface area contributed by atoms with Crippen LogP contribution < -0.4 is 0 Å². The summed E-state index contributed by atoms with van der Waals surface area (Å²) < 4.78 is 28.3. The zero-order chi connectivity index (χ0) is 14.0.